The van der Waals surface area contributed by atoms with E-state index in [1.165, 1.54) is 41.7 Å². The number of aromatic hydroxyl groups is 1. The van der Waals surface area contributed by atoms with Gasteiger partial charge < -0.3 is 95.1 Å². The second-order valence-corrected chi connectivity index (χ2v) is 24.0. The number of phenolic OH excluding ortho intramolecular Hbond substituents is 1. The number of nitrogens with zero attached hydrogens (tertiary/aromatic N) is 3. The lowest BCUT2D eigenvalue weighted by atomic mass is 9.99. The summed E-state index contributed by atoms with van der Waals surface area (Å²) >= 11 is 0. The normalized spacial score (nSPS) is 16.6. The number of carbonyl (C=O) groups excluding carboxylic acids is 11. The van der Waals surface area contributed by atoms with Gasteiger partial charge in [0.05, 0.1) is 19.5 Å². The van der Waals surface area contributed by atoms with Gasteiger partial charge in [0.1, 0.15) is 60.1 Å². The molecule has 0 spiro atoms. The molecule has 0 unspecified atom stereocenters. The summed E-state index contributed by atoms with van der Waals surface area (Å²) in [5, 5.41) is 46.5. The largest absolute Gasteiger partial charge is 0.508 e. The number of aromatic nitrogens is 4. The highest BCUT2D eigenvalue weighted by molar-refractivity contribution is 6.00. The van der Waals surface area contributed by atoms with E-state index in [-0.39, 0.29) is 101 Å². The highest BCUT2D eigenvalue weighted by Crippen LogP contribution is 2.24. The van der Waals surface area contributed by atoms with Crippen LogP contribution >= 0.6 is 0 Å². The van der Waals surface area contributed by atoms with Crippen molar-refractivity contribution in [2.45, 2.75) is 139 Å². The summed E-state index contributed by atoms with van der Waals surface area (Å²) in [5.41, 5.74) is 19.8. The van der Waals surface area contributed by atoms with E-state index in [4.69, 9.17) is 17.2 Å². The van der Waals surface area contributed by atoms with Crippen LogP contribution in [0.4, 0.5) is 0 Å². The molecule has 2 aliphatic rings. The van der Waals surface area contributed by atoms with Crippen LogP contribution in [0.25, 0.3) is 21.8 Å². The molecule has 11 amide bonds. The fourth-order valence-corrected chi connectivity index (χ4v) is 11.5. The van der Waals surface area contributed by atoms with Crippen molar-refractivity contribution in [1.29, 1.82) is 0 Å². The van der Waals surface area contributed by atoms with E-state index in [1.807, 2.05) is 0 Å². The molecule has 506 valence electrons. The Kier molecular flexibility index (Phi) is 24.4. The van der Waals surface area contributed by atoms with E-state index in [0.717, 1.165) is 0 Å². The van der Waals surface area contributed by atoms with E-state index < -0.39 is 127 Å². The van der Waals surface area contributed by atoms with Crippen molar-refractivity contribution >= 4 is 92.7 Å². The zero-order valence-electron chi connectivity index (χ0n) is 52.6. The van der Waals surface area contributed by atoms with Crippen molar-refractivity contribution in [2.24, 2.45) is 28.1 Å². The minimum Gasteiger partial charge on any atom is -0.508 e. The van der Waals surface area contributed by atoms with Crippen LogP contribution in [0, 0.1) is 5.92 Å². The third-order valence-corrected chi connectivity index (χ3v) is 16.4. The van der Waals surface area contributed by atoms with Crippen molar-refractivity contribution in [3.8, 4) is 5.75 Å². The Morgan fingerprint density at radius 2 is 1.18 bits per heavy atom. The number of fused-ring (bicyclic) bond motifs is 2. The first-order chi connectivity index (χ1) is 45.5. The SMILES string of the molecule is CC(C)C[C@H](NC(=O)[C@@H](Cc1c[nH]c2ccccc12)NC(=O)[C@H](Cc1ccc(O)cc1)NC(=O)[C@H](CO)NC(=O)[C@@H](Cc1c[nH]c2ccccc12)NC(=O)[C@H](Cc1cnc[nH]1)NC(=O)[C@@H]1CCC(=O)N1)C(=O)N[C@@H](CCCN=C(N)N)C(=O)N1CCC[C@H]1C(=O)NCC(N)=O. The Morgan fingerprint density at radius 3 is 1.72 bits per heavy atom. The number of hydrogen-bond donors (Lipinski definition) is 17. The van der Waals surface area contributed by atoms with Gasteiger partial charge in [-0.1, -0.05) is 62.4 Å². The molecule has 3 aromatic carbocycles. The van der Waals surface area contributed by atoms with Crippen LogP contribution in [-0.4, -0.2) is 187 Å². The molecule has 8 rings (SSSR count). The number of aliphatic hydroxyl groups is 1. The molecule has 2 saturated heterocycles. The summed E-state index contributed by atoms with van der Waals surface area (Å²) in [7, 11) is 0. The summed E-state index contributed by atoms with van der Waals surface area (Å²) < 4.78 is 0. The zero-order chi connectivity index (χ0) is 68.3. The average molecular weight is 1310 g/mol. The number of carbonyl (C=O) groups is 11. The van der Waals surface area contributed by atoms with Gasteiger partial charge in [0, 0.05) is 91.3 Å². The van der Waals surface area contributed by atoms with Gasteiger partial charge in [-0.25, -0.2) is 4.98 Å². The molecular weight excluding hydrogens is 1230 g/mol. The Labute approximate surface area is 545 Å². The summed E-state index contributed by atoms with van der Waals surface area (Å²) in [6, 6.07) is 7.78. The van der Waals surface area contributed by atoms with Gasteiger partial charge in [-0.2, -0.15) is 0 Å². The number of rotatable bonds is 33. The molecule has 5 heterocycles. The van der Waals surface area contributed by atoms with Gasteiger partial charge in [0.2, 0.25) is 65.0 Å². The van der Waals surface area contributed by atoms with Crippen molar-refractivity contribution in [2.75, 3.05) is 26.2 Å². The molecule has 31 nitrogen and oxygen atoms in total. The maximum Gasteiger partial charge on any atom is 0.245 e. The lowest BCUT2D eigenvalue weighted by molar-refractivity contribution is -0.142. The van der Waals surface area contributed by atoms with E-state index in [1.54, 1.807) is 74.8 Å². The fourth-order valence-electron chi connectivity index (χ4n) is 11.5. The van der Waals surface area contributed by atoms with Crippen LogP contribution in [0.3, 0.4) is 0 Å². The minimum atomic E-state index is -1.80. The van der Waals surface area contributed by atoms with Crippen LogP contribution in [0.15, 0.2) is 103 Å². The van der Waals surface area contributed by atoms with E-state index in [2.05, 4.69) is 72.8 Å². The second kappa shape index (κ2) is 33.1. The second-order valence-electron chi connectivity index (χ2n) is 24.0. The highest BCUT2D eigenvalue weighted by Gasteiger charge is 2.40. The fraction of sp³-hybridized carbons (Fsp3) is 0.422. The summed E-state index contributed by atoms with van der Waals surface area (Å²) in [5.74, 6) is -9.04. The summed E-state index contributed by atoms with van der Waals surface area (Å²) in [4.78, 5) is 172. The predicted molar refractivity (Wildman–Crippen MR) is 346 cm³/mol. The van der Waals surface area contributed by atoms with Gasteiger partial charge in [-0.05, 0) is 85.4 Å². The van der Waals surface area contributed by atoms with Crippen molar-refractivity contribution in [3.63, 3.8) is 0 Å². The molecule has 95 heavy (non-hydrogen) atoms. The van der Waals surface area contributed by atoms with Gasteiger partial charge >= 0.3 is 0 Å². The standard InChI is InChI=1S/C64H82N18O13/c1-34(2)23-46(56(88)75-45(13-7-21-69-64(66)67)63(95)82-22-8-14-52(82)62(94)72-31-53(65)85)76-58(90)48(25-36-28-70-42-11-5-3-9-40(36)42)78-57(89)47(24-35-15-17-39(84)18-16-35)77-61(93)51(32-83)81-59(91)49(26-37-29-71-43-12-6-4-10-41(37)43)79-60(92)50(27-38-30-68-33-73-38)80-55(87)44-19-20-54(86)74-44/h3-6,9-12,15-18,28-30,33-34,44-52,70-71,83-84H,7-8,13-14,19-27,31-32H2,1-2H3,(H2,65,85)(H,68,73)(H,72,94)(H,74,86)(H,75,88)(H,76,90)(H,77,93)(H,78,89)(H,79,92)(H,80,87)(H,81,91)(H4,66,67,69)/t44-,45-,46-,47-,48+,49+,50-,51-,52-/m0/s1. The van der Waals surface area contributed by atoms with Crippen LogP contribution in [0.2, 0.25) is 0 Å². The quantitative estimate of drug-likeness (QED) is 0.0117. The van der Waals surface area contributed by atoms with Gasteiger partial charge in [0.15, 0.2) is 5.96 Å². The molecule has 6 aromatic rings. The third kappa shape index (κ3) is 19.6. The summed E-state index contributed by atoms with van der Waals surface area (Å²) in [6.45, 7) is 2.33. The highest BCUT2D eigenvalue weighted by atomic mass is 16.3. The molecule has 2 aliphatic heterocycles. The molecule has 0 aliphatic carbocycles. The number of phenols is 1. The van der Waals surface area contributed by atoms with Crippen LogP contribution in [-0.2, 0) is 78.4 Å². The Bertz CT molecular complexity index is 3750. The van der Waals surface area contributed by atoms with Crippen LogP contribution < -0.4 is 65.1 Å². The number of H-pyrrole nitrogens is 3. The number of aliphatic imine (C=N–C) groups is 1. The number of hydrogen-bond acceptors (Lipinski definition) is 15. The zero-order valence-corrected chi connectivity index (χ0v) is 52.6. The first-order valence-corrected chi connectivity index (χ1v) is 31.3. The number of amides is 11. The molecule has 3 aromatic heterocycles. The number of para-hydroxylation sites is 2. The maximum atomic E-state index is 15.1. The molecule has 31 heteroatoms. The number of nitrogens with one attached hydrogen (secondary N) is 12. The number of primary amides is 1. The number of imidazole rings is 1. The molecule has 9 atom stereocenters. The van der Waals surface area contributed by atoms with Crippen molar-refractivity contribution < 1.29 is 63.0 Å². The summed E-state index contributed by atoms with van der Waals surface area (Å²) in [6.07, 6.45) is 6.51. The van der Waals surface area contributed by atoms with Crippen molar-refractivity contribution in [3.05, 3.63) is 120 Å². The number of nitrogens with two attached hydrogens (primary N) is 3. The first-order valence-electron chi connectivity index (χ1n) is 31.3. The lowest BCUT2D eigenvalue weighted by Crippen LogP contribution is -2.61. The number of benzene rings is 3. The predicted octanol–water partition coefficient (Wildman–Crippen LogP) is -2.29. The van der Waals surface area contributed by atoms with Crippen molar-refractivity contribution in [1.82, 2.24) is 72.7 Å². The Hall–Kier alpha value is -10.8. The molecule has 0 saturated carbocycles. The van der Waals surface area contributed by atoms with Gasteiger partial charge in [0.25, 0.3) is 0 Å². The first kappa shape index (κ1) is 70.0. The number of aromatic amines is 3. The van der Waals surface area contributed by atoms with Crippen LogP contribution in [0.5, 0.6) is 5.75 Å². The smallest absolute Gasteiger partial charge is 0.245 e. The van der Waals surface area contributed by atoms with E-state index >= 15 is 9.59 Å². The average Bonchev–Trinajstić information content (AvgIpc) is 1.81. The molecule has 0 bridgehead atoms. The third-order valence-electron chi connectivity index (χ3n) is 16.4. The number of guanidine groups is 1. The maximum absolute atomic E-state index is 15.1. The van der Waals surface area contributed by atoms with E-state index in [9.17, 15) is 53.4 Å². The topological polar surface area (TPSA) is 490 Å². The van der Waals surface area contributed by atoms with Gasteiger partial charge in [-0.3, -0.25) is 57.7 Å². The minimum absolute atomic E-state index is 0.00905. The molecule has 0 radical (unpaired) electrons. The lowest BCUT2D eigenvalue weighted by Gasteiger charge is -2.30. The van der Waals surface area contributed by atoms with Crippen LogP contribution in [0.1, 0.15) is 81.2 Å². The Balaban J connectivity index is 1.05. The Morgan fingerprint density at radius 1 is 0.642 bits per heavy atom. The number of aliphatic hydroxyl groups excluding tert-OH is 1. The monoisotopic (exact) mass is 1310 g/mol. The van der Waals surface area contributed by atoms with E-state index in [0.29, 0.717) is 50.6 Å². The van der Waals surface area contributed by atoms with Gasteiger partial charge in [-0.15, -0.1) is 0 Å². The molecular formula is C64H82N18O13. The molecule has 2 fully saturated rings. The molecule has 20 N–H and O–H groups in total. The number of likely N-dealkylation sites (tertiary alicyclic amines) is 1.